The van der Waals surface area contributed by atoms with E-state index >= 15 is 0 Å². The lowest BCUT2D eigenvalue weighted by Gasteiger charge is -2.25. The number of carbonyl (C=O) groups excluding carboxylic acids is 1. The molecule has 7 nitrogen and oxygen atoms in total. The number of hydrogen-bond acceptors (Lipinski definition) is 5. The molecule has 0 atom stereocenters. The number of nitrogens with zero attached hydrogens (tertiary/aromatic N) is 2. The zero-order chi connectivity index (χ0) is 31.6. The van der Waals surface area contributed by atoms with E-state index in [1.807, 2.05) is 18.2 Å². The zero-order valence-electron chi connectivity index (χ0n) is 26.0. The van der Waals surface area contributed by atoms with Crippen molar-refractivity contribution in [3.63, 3.8) is 0 Å². The van der Waals surface area contributed by atoms with E-state index in [0.29, 0.717) is 6.42 Å². The molecule has 0 aliphatic carbocycles. The van der Waals surface area contributed by atoms with E-state index in [9.17, 15) is 17.8 Å². The van der Waals surface area contributed by atoms with Crippen molar-refractivity contribution in [2.45, 2.75) is 80.9 Å². The largest absolute Gasteiger partial charge is 0.780 e. The van der Waals surface area contributed by atoms with Crippen LogP contribution >= 0.6 is 0 Å². The molecule has 0 aromatic heterocycles. The van der Waals surface area contributed by atoms with Crippen LogP contribution in [0.15, 0.2) is 82.3 Å². The average Bonchev–Trinajstić information content (AvgIpc) is 3.29. The molecule has 0 fully saturated rings. The maximum Gasteiger partial charge on any atom is 0.294 e. The number of likely N-dealkylation sites (N-methyl/N-ethyl adjacent to an activating group) is 1. The molecule has 2 aromatic carbocycles. The topological polar surface area (TPSA) is 89.7 Å². The SMILES string of the molecule is CCN1/C(=C/C=C/C=C/C2=[N+](CCCCCC(=O)NC)c3ccc(S(=O)(=O)O)cc3C2(C)C)C(C)(C)c2cc([S-])ccc21. The quantitative estimate of drug-likeness (QED) is 0.100. The first kappa shape index (κ1) is 32.6. The first-order valence-electron chi connectivity index (χ1n) is 14.9. The molecular weight excluding hydrogens is 579 g/mol. The predicted octanol–water partition coefficient (Wildman–Crippen LogP) is 6.34. The molecular formula is C34H43N3O4S2. The summed E-state index contributed by atoms with van der Waals surface area (Å²) >= 11 is 5.45. The Morgan fingerprint density at radius 2 is 1.74 bits per heavy atom. The maximum absolute atomic E-state index is 11.9. The second-order valence-corrected chi connectivity index (χ2v) is 14.0. The van der Waals surface area contributed by atoms with Crippen molar-refractivity contribution in [2.24, 2.45) is 0 Å². The van der Waals surface area contributed by atoms with Gasteiger partial charge in [0.05, 0.1) is 10.3 Å². The van der Waals surface area contributed by atoms with Crippen LogP contribution in [0.3, 0.4) is 0 Å². The summed E-state index contributed by atoms with van der Waals surface area (Å²) in [6, 6.07) is 11.0. The molecule has 0 saturated heterocycles. The van der Waals surface area contributed by atoms with Gasteiger partial charge in [0.1, 0.15) is 6.54 Å². The van der Waals surface area contributed by atoms with Gasteiger partial charge in [-0.25, -0.2) is 0 Å². The van der Waals surface area contributed by atoms with E-state index in [1.54, 1.807) is 19.2 Å². The Kier molecular flexibility index (Phi) is 9.69. The van der Waals surface area contributed by atoms with Gasteiger partial charge in [-0.3, -0.25) is 9.35 Å². The van der Waals surface area contributed by atoms with Gasteiger partial charge in [0, 0.05) is 60.9 Å². The van der Waals surface area contributed by atoms with E-state index in [0.717, 1.165) is 54.2 Å². The van der Waals surface area contributed by atoms with Crippen molar-refractivity contribution < 1.29 is 22.3 Å². The minimum Gasteiger partial charge on any atom is -0.780 e. The number of amides is 1. The Bertz CT molecular complexity index is 1630. The van der Waals surface area contributed by atoms with Crippen LogP contribution in [0.1, 0.15) is 71.4 Å². The summed E-state index contributed by atoms with van der Waals surface area (Å²) in [7, 11) is -2.68. The molecule has 0 spiro atoms. The van der Waals surface area contributed by atoms with Crippen LogP contribution in [0.25, 0.3) is 0 Å². The number of carbonyl (C=O) groups is 1. The fourth-order valence-electron chi connectivity index (χ4n) is 6.27. The fraction of sp³-hybridized carbons (Fsp3) is 0.412. The number of fused-ring (bicyclic) bond motifs is 2. The first-order chi connectivity index (χ1) is 20.2. The highest BCUT2D eigenvalue weighted by molar-refractivity contribution is 7.85. The lowest BCUT2D eigenvalue weighted by atomic mass is 9.81. The van der Waals surface area contributed by atoms with E-state index in [4.69, 9.17) is 12.6 Å². The number of rotatable bonds is 11. The third kappa shape index (κ3) is 6.64. The van der Waals surface area contributed by atoms with Crippen molar-refractivity contribution in [1.82, 2.24) is 5.32 Å². The summed E-state index contributed by atoms with van der Waals surface area (Å²) in [5.74, 6) is 0.0411. The van der Waals surface area contributed by atoms with E-state index < -0.39 is 15.5 Å². The number of allylic oxidation sites excluding steroid dienone is 6. The summed E-state index contributed by atoms with van der Waals surface area (Å²) in [6.07, 6.45) is 13.4. The molecule has 2 aromatic rings. The Morgan fingerprint density at radius 1 is 1.00 bits per heavy atom. The van der Waals surface area contributed by atoms with Crippen molar-refractivity contribution in [3.05, 3.63) is 83.6 Å². The third-order valence-electron chi connectivity index (χ3n) is 8.64. The van der Waals surface area contributed by atoms with Gasteiger partial charge in [0.2, 0.25) is 11.6 Å². The molecule has 0 radical (unpaired) electrons. The summed E-state index contributed by atoms with van der Waals surface area (Å²) in [5.41, 5.74) is 5.83. The minimum absolute atomic E-state index is 0.0411. The number of anilines is 1. The molecule has 230 valence electrons. The number of hydrogen-bond donors (Lipinski definition) is 2. The summed E-state index contributed by atoms with van der Waals surface area (Å²) in [4.78, 5) is 14.7. The lowest BCUT2D eigenvalue weighted by Crippen LogP contribution is -2.28. The van der Waals surface area contributed by atoms with Crippen LogP contribution in [0.2, 0.25) is 0 Å². The van der Waals surface area contributed by atoms with Gasteiger partial charge in [-0.1, -0.05) is 44.2 Å². The highest BCUT2D eigenvalue weighted by Crippen LogP contribution is 2.48. The van der Waals surface area contributed by atoms with Crippen LogP contribution in [-0.2, 0) is 38.4 Å². The van der Waals surface area contributed by atoms with Gasteiger partial charge in [-0.15, -0.1) is 0 Å². The molecule has 1 amide bonds. The van der Waals surface area contributed by atoms with Crippen LogP contribution in [-0.4, -0.2) is 49.3 Å². The van der Waals surface area contributed by atoms with E-state index in [2.05, 4.69) is 79.8 Å². The van der Waals surface area contributed by atoms with Crippen LogP contribution < -0.4 is 10.2 Å². The van der Waals surface area contributed by atoms with E-state index in [-0.39, 0.29) is 16.2 Å². The summed E-state index contributed by atoms with van der Waals surface area (Å²) < 4.78 is 35.8. The molecule has 0 unspecified atom stereocenters. The Labute approximate surface area is 262 Å². The van der Waals surface area contributed by atoms with Crippen molar-refractivity contribution in [3.8, 4) is 0 Å². The molecule has 4 rings (SSSR count). The smallest absolute Gasteiger partial charge is 0.294 e. The predicted molar refractivity (Wildman–Crippen MR) is 176 cm³/mol. The van der Waals surface area contributed by atoms with Crippen LogP contribution in [0.5, 0.6) is 0 Å². The van der Waals surface area contributed by atoms with Crippen molar-refractivity contribution >= 4 is 45.7 Å². The van der Waals surface area contributed by atoms with Gasteiger partial charge in [0.25, 0.3) is 10.1 Å². The van der Waals surface area contributed by atoms with Gasteiger partial charge in [-0.2, -0.15) is 17.9 Å². The Balaban J connectivity index is 1.62. The summed E-state index contributed by atoms with van der Waals surface area (Å²) in [6.45, 7) is 12.3. The Hall–Kier alpha value is -3.27. The van der Waals surface area contributed by atoms with Crippen molar-refractivity contribution in [2.75, 3.05) is 25.0 Å². The highest BCUT2D eigenvalue weighted by Gasteiger charge is 2.44. The summed E-state index contributed by atoms with van der Waals surface area (Å²) in [5, 5.41) is 2.66. The molecule has 2 N–H and O–H groups in total. The molecule has 2 aliphatic heterocycles. The fourth-order valence-corrected chi connectivity index (χ4v) is 6.96. The van der Waals surface area contributed by atoms with Gasteiger partial charge in [0.15, 0.2) is 5.71 Å². The third-order valence-corrected chi connectivity index (χ3v) is 9.74. The van der Waals surface area contributed by atoms with Gasteiger partial charge in [-0.05, 0) is 63.5 Å². The first-order valence-corrected chi connectivity index (χ1v) is 16.7. The zero-order valence-corrected chi connectivity index (χ0v) is 27.6. The van der Waals surface area contributed by atoms with Crippen molar-refractivity contribution in [1.29, 1.82) is 0 Å². The minimum atomic E-state index is -4.33. The van der Waals surface area contributed by atoms with E-state index in [1.165, 1.54) is 23.0 Å². The molecule has 0 saturated carbocycles. The molecule has 2 aliphatic rings. The number of nitrogens with one attached hydrogen (secondary N) is 1. The number of unbranched alkanes of at least 4 members (excludes halogenated alkanes) is 2. The molecule has 2 heterocycles. The lowest BCUT2D eigenvalue weighted by molar-refractivity contribution is -0.438. The second-order valence-electron chi connectivity index (χ2n) is 12.1. The average molecular weight is 622 g/mol. The maximum atomic E-state index is 11.9. The molecule has 9 heteroatoms. The second kappa shape index (κ2) is 12.8. The monoisotopic (exact) mass is 621 g/mol. The van der Waals surface area contributed by atoms with Crippen LogP contribution in [0, 0.1) is 0 Å². The van der Waals surface area contributed by atoms with Gasteiger partial charge < -0.3 is 22.8 Å². The molecule has 0 bridgehead atoms. The molecule has 43 heavy (non-hydrogen) atoms. The van der Waals surface area contributed by atoms with Crippen LogP contribution in [0.4, 0.5) is 11.4 Å². The Morgan fingerprint density at radius 3 is 2.42 bits per heavy atom. The standard InChI is InChI=1S/C34H43N3O4S2/c1-7-36-28-19-17-24(42)22-26(28)33(2,3)30(36)14-10-8-11-15-31-34(4,5)27-23-25(43(39,40)41)18-20-29(27)37(31)21-13-9-12-16-32(38)35-6/h8,10-11,14-15,17-20,22-23H,7,9,12-13,16,21H2,1-6H3,(H2-,35,38,39,40,41,42). The van der Waals surface area contributed by atoms with Gasteiger partial charge >= 0.3 is 0 Å². The number of benzene rings is 2. The highest BCUT2D eigenvalue weighted by atomic mass is 32.2. The normalized spacial score (nSPS) is 18.2.